The first kappa shape index (κ1) is 22.5. The van der Waals surface area contributed by atoms with Crippen molar-refractivity contribution in [1.82, 2.24) is 9.29 Å². The molecule has 0 radical (unpaired) electrons. The minimum Gasteiger partial charge on any atom is -0.491 e. The van der Waals surface area contributed by atoms with Gasteiger partial charge in [-0.3, -0.25) is 0 Å². The molecular formula is C24H29N3O4S. The second kappa shape index (κ2) is 9.03. The Hall–Kier alpha value is -2.71. The first-order chi connectivity index (χ1) is 15.3. The van der Waals surface area contributed by atoms with Gasteiger partial charge in [0.25, 0.3) is 0 Å². The quantitative estimate of drug-likeness (QED) is 0.471. The number of aryl methyl sites for hydroxylation is 1. The van der Waals surface area contributed by atoms with Crippen molar-refractivity contribution in [1.29, 1.82) is 0 Å². The van der Waals surface area contributed by atoms with Gasteiger partial charge in [0.15, 0.2) is 0 Å². The number of fused-ring (bicyclic) bond motifs is 1. The van der Waals surface area contributed by atoms with Crippen molar-refractivity contribution in [3.8, 4) is 5.75 Å². The third-order valence-electron chi connectivity index (χ3n) is 5.98. The van der Waals surface area contributed by atoms with Crippen molar-refractivity contribution in [2.24, 2.45) is 0 Å². The molecule has 1 aromatic carbocycles. The molecule has 4 rings (SSSR count). The van der Waals surface area contributed by atoms with E-state index in [2.05, 4.69) is 4.98 Å². The summed E-state index contributed by atoms with van der Waals surface area (Å²) in [4.78, 5) is 17.8. The molecule has 0 saturated carbocycles. The number of ether oxygens (including phenoxy) is 1. The van der Waals surface area contributed by atoms with Crippen LogP contribution in [0.3, 0.4) is 0 Å². The number of sulfonamides is 1. The zero-order valence-electron chi connectivity index (χ0n) is 18.7. The minimum absolute atomic E-state index is 0.0286. The first-order valence-electron chi connectivity index (χ1n) is 10.9. The van der Waals surface area contributed by atoms with E-state index >= 15 is 0 Å². The molecule has 0 saturated heterocycles. The Labute approximate surface area is 189 Å². The van der Waals surface area contributed by atoms with Crippen LogP contribution in [0.4, 0.5) is 5.82 Å². The van der Waals surface area contributed by atoms with Crippen LogP contribution in [0.5, 0.6) is 5.75 Å². The van der Waals surface area contributed by atoms with Crippen LogP contribution < -0.4 is 9.64 Å². The number of benzene rings is 1. The van der Waals surface area contributed by atoms with Gasteiger partial charge in [0.1, 0.15) is 17.9 Å². The maximum atomic E-state index is 13.3. The highest BCUT2D eigenvalue weighted by Gasteiger charge is 2.35. The highest BCUT2D eigenvalue weighted by Crippen LogP contribution is 2.40. The lowest BCUT2D eigenvalue weighted by atomic mass is 9.90. The van der Waals surface area contributed by atoms with E-state index in [1.807, 2.05) is 37.0 Å². The molecule has 2 aliphatic rings. The summed E-state index contributed by atoms with van der Waals surface area (Å²) in [5.74, 6) is 1.66. The summed E-state index contributed by atoms with van der Waals surface area (Å²) in [6.07, 6.45) is 5.34. The predicted octanol–water partition coefficient (Wildman–Crippen LogP) is 3.30. The van der Waals surface area contributed by atoms with E-state index in [1.54, 1.807) is 31.3 Å². The number of carbonyl (C=O) groups excluding carboxylic acids is 1. The van der Waals surface area contributed by atoms with E-state index in [0.717, 1.165) is 17.7 Å². The van der Waals surface area contributed by atoms with Crippen LogP contribution in [-0.4, -0.2) is 56.3 Å². The molecule has 2 aromatic rings. The number of anilines is 1. The fourth-order valence-corrected chi connectivity index (χ4v) is 6.10. The smallest absolute Gasteiger partial charge is 0.243 e. The number of carbonyl (C=O) groups is 1. The van der Waals surface area contributed by atoms with Gasteiger partial charge in [-0.1, -0.05) is 17.7 Å². The molecule has 8 heteroatoms. The van der Waals surface area contributed by atoms with Crippen LogP contribution in [0.1, 0.15) is 37.3 Å². The Bertz CT molecular complexity index is 1140. The molecule has 0 N–H and O–H groups in total. The van der Waals surface area contributed by atoms with Crippen LogP contribution in [0.15, 0.2) is 53.1 Å². The molecule has 1 unspecified atom stereocenters. The van der Waals surface area contributed by atoms with E-state index in [4.69, 9.17) is 4.74 Å². The van der Waals surface area contributed by atoms with Gasteiger partial charge in [0.2, 0.25) is 10.0 Å². The molecule has 0 bridgehead atoms. The number of hydrogen-bond donors (Lipinski definition) is 0. The number of aromatic nitrogens is 1. The molecule has 0 fully saturated rings. The molecule has 1 aromatic heterocycles. The average Bonchev–Trinajstić information content (AvgIpc) is 3.12. The molecular weight excluding hydrogens is 426 g/mol. The average molecular weight is 456 g/mol. The summed E-state index contributed by atoms with van der Waals surface area (Å²) >= 11 is 0. The van der Waals surface area contributed by atoms with E-state index in [0.29, 0.717) is 48.8 Å². The highest BCUT2D eigenvalue weighted by atomic mass is 32.2. The number of pyridine rings is 1. The van der Waals surface area contributed by atoms with Crippen molar-refractivity contribution in [2.75, 3.05) is 31.1 Å². The third kappa shape index (κ3) is 4.29. The Kier molecular flexibility index (Phi) is 6.35. The topological polar surface area (TPSA) is 79.8 Å². The van der Waals surface area contributed by atoms with E-state index < -0.39 is 10.0 Å². The zero-order chi connectivity index (χ0) is 22.9. The van der Waals surface area contributed by atoms with Gasteiger partial charge in [-0.25, -0.2) is 13.4 Å². The number of nitrogens with zero attached hydrogens (tertiary/aromatic N) is 3. The molecule has 0 amide bonds. The summed E-state index contributed by atoms with van der Waals surface area (Å²) < 4.78 is 33.8. The normalized spacial score (nSPS) is 19.1. The van der Waals surface area contributed by atoms with Gasteiger partial charge < -0.3 is 14.4 Å². The highest BCUT2D eigenvalue weighted by molar-refractivity contribution is 7.89. The Balaban J connectivity index is 1.53. The van der Waals surface area contributed by atoms with E-state index in [-0.39, 0.29) is 12.0 Å². The monoisotopic (exact) mass is 455 g/mol. The van der Waals surface area contributed by atoms with Crippen molar-refractivity contribution < 1.29 is 17.9 Å². The Morgan fingerprint density at radius 3 is 2.75 bits per heavy atom. The van der Waals surface area contributed by atoms with Gasteiger partial charge in [0.05, 0.1) is 17.5 Å². The van der Waals surface area contributed by atoms with Gasteiger partial charge >= 0.3 is 0 Å². The number of hydrogen-bond acceptors (Lipinski definition) is 6. The summed E-state index contributed by atoms with van der Waals surface area (Å²) in [5.41, 5.74) is 2.99. The lowest BCUT2D eigenvalue weighted by molar-refractivity contribution is -0.106. The fourth-order valence-electron chi connectivity index (χ4n) is 4.52. The molecule has 3 heterocycles. The van der Waals surface area contributed by atoms with Crippen molar-refractivity contribution in [2.45, 2.75) is 44.1 Å². The zero-order valence-corrected chi connectivity index (χ0v) is 19.5. The Morgan fingerprint density at radius 2 is 2.09 bits per heavy atom. The Morgan fingerprint density at radius 1 is 1.28 bits per heavy atom. The van der Waals surface area contributed by atoms with Crippen LogP contribution in [0.2, 0.25) is 0 Å². The maximum absolute atomic E-state index is 13.3. The second-order valence-corrected chi connectivity index (χ2v) is 10.4. The SMILES string of the molecule is Cc1cc(OC(C)C)ccc1S(=O)(=O)N1CC=C(C2CN(CC=O)c3ncccc32)CC1. The van der Waals surface area contributed by atoms with Crippen LogP contribution in [-0.2, 0) is 14.8 Å². The molecule has 7 nitrogen and oxygen atoms in total. The predicted molar refractivity (Wildman–Crippen MR) is 124 cm³/mol. The third-order valence-corrected chi connectivity index (χ3v) is 8.01. The van der Waals surface area contributed by atoms with Gasteiger partial charge in [0, 0.05) is 37.3 Å². The lowest BCUT2D eigenvalue weighted by Gasteiger charge is -2.29. The van der Waals surface area contributed by atoms with Crippen LogP contribution in [0.25, 0.3) is 0 Å². The van der Waals surface area contributed by atoms with Gasteiger partial charge in [-0.15, -0.1) is 0 Å². The number of rotatable bonds is 7. The molecule has 2 aliphatic heterocycles. The second-order valence-electron chi connectivity index (χ2n) is 8.53. The summed E-state index contributed by atoms with van der Waals surface area (Å²) in [6.45, 7) is 7.45. The van der Waals surface area contributed by atoms with Crippen molar-refractivity contribution in [3.05, 3.63) is 59.3 Å². The largest absolute Gasteiger partial charge is 0.491 e. The molecule has 32 heavy (non-hydrogen) atoms. The van der Waals surface area contributed by atoms with Gasteiger partial charge in [-0.2, -0.15) is 4.31 Å². The van der Waals surface area contributed by atoms with E-state index in [1.165, 1.54) is 9.88 Å². The molecule has 0 spiro atoms. The molecule has 1 atom stereocenters. The summed E-state index contributed by atoms with van der Waals surface area (Å²) in [5, 5.41) is 0. The fraction of sp³-hybridized carbons (Fsp3) is 0.417. The molecule has 170 valence electrons. The standard InChI is InChI=1S/C24H29N3O4S/c1-17(2)31-20-6-7-23(18(3)15-20)32(29,30)27-11-8-19(9-12-27)22-16-26(13-14-28)24-21(22)5-4-10-25-24/h4-8,10,14-15,17,22H,9,11-13,16H2,1-3H3. The van der Waals surface area contributed by atoms with Crippen molar-refractivity contribution in [3.63, 3.8) is 0 Å². The minimum atomic E-state index is -3.60. The van der Waals surface area contributed by atoms with Crippen LogP contribution >= 0.6 is 0 Å². The summed E-state index contributed by atoms with van der Waals surface area (Å²) in [6, 6.07) is 9.09. The van der Waals surface area contributed by atoms with Crippen LogP contribution in [0, 0.1) is 6.92 Å². The molecule has 0 aliphatic carbocycles. The first-order valence-corrected chi connectivity index (χ1v) is 12.3. The van der Waals surface area contributed by atoms with Crippen molar-refractivity contribution >= 4 is 22.1 Å². The van der Waals surface area contributed by atoms with Gasteiger partial charge in [-0.05, 0) is 57.0 Å². The number of aldehydes is 1. The summed E-state index contributed by atoms with van der Waals surface area (Å²) in [7, 11) is -3.60. The maximum Gasteiger partial charge on any atom is 0.243 e. The van der Waals surface area contributed by atoms with E-state index in [9.17, 15) is 13.2 Å². The lowest BCUT2D eigenvalue weighted by Crippen LogP contribution is -2.36.